The third kappa shape index (κ3) is 13.4. The van der Waals surface area contributed by atoms with E-state index in [9.17, 15) is 0 Å². The van der Waals surface area contributed by atoms with E-state index in [1.165, 1.54) is 131 Å². The lowest BCUT2D eigenvalue weighted by Crippen LogP contribution is -2.41. The van der Waals surface area contributed by atoms with Crippen LogP contribution in [0.5, 0.6) is 0 Å². The first-order valence-corrected chi connectivity index (χ1v) is 22.5. The number of anilines is 4. The molecule has 0 unspecified atom stereocenters. The van der Waals surface area contributed by atoms with Gasteiger partial charge in [-0.15, -0.1) is 0 Å². The molecule has 5 rings (SSSR count). The van der Waals surface area contributed by atoms with Gasteiger partial charge in [0.2, 0.25) is 0 Å². The number of aryl methyl sites for hydroxylation is 4. The smallest absolute Gasteiger partial charge is 0.152 e. The minimum Gasteiger partial charge on any atom is -0.297 e. The van der Waals surface area contributed by atoms with Gasteiger partial charge in [0.1, 0.15) is 5.82 Å². The third-order valence-electron chi connectivity index (χ3n) is 11.0. The minimum absolute atomic E-state index is 0.669. The Kier molecular flexibility index (Phi) is 18.6. The third-order valence-corrected chi connectivity index (χ3v) is 11.0. The minimum atomic E-state index is 0.669. The summed E-state index contributed by atoms with van der Waals surface area (Å²) >= 11 is 0. The summed E-state index contributed by atoms with van der Waals surface area (Å²) in [4.78, 5) is 13.1. The second kappa shape index (κ2) is 24.3. The lowest BCUT2D eigenvalue weighted by Gasteiger charge is -2.39. The van der Waals surface area contributed by atoms with E-state index in [1.807, 2.05) is 0 Å². The van der Waals surface area contributed by atoms with Crippen LogP contribution in [0.2, 0.25) is 0 Å². The lowest BCUT2D eigenvalue weighted by atomic mass is 10.0. The van der Waals surface area contributed by atoms with E-state index < -0.39 is 0 Å². The lowest BCUT2D eigenvalue weighted by molar-refractivity contribution is 0.404. The SMILES string of the molecule is CCCCCCc1cccc(N(C2=CC=CN(N(c3cccc(CCCCCC)c3)c3cccc(CCCCCC)n3)C2)c2cccc(CCCCCC)n2)c1. The van der Waals surface area contributed by atoms with Crippen molar-refractivity contribution in [2.75, 3.05) is 16.5 Å². The van der Waals surface area contributed by atoms with Crippen LogP contribution in [-0.4, -0.2) is 21.5 Å². The van der Waals surface area contributed by atoms with Crippen LogP contribution in [0.3, 0.4) is 0 Å². The average molecular weight is 754 g/mol. The molecule has 1 aliphatic heterocycles. The Bertz CT molecular complexity index is 1660. The van der Waals surface area contributed by atoms with Crippen LogP contribution in [0.15, 0.2) is 109 Å². The van der Waals surface area contributed by atoms with E-state index in [0.717, 1.165) is 48.7 Å². The molecule has 1 aliphatic rings. The van der Waals surface area contributed by atoms with E-state index in [1.54, 1.807) is 0 Å². The monoisotopic (exact) mass is 754 g/mol. The van der Waals surface area contributed by atoms with Crippen molar-refractivity contribution in [1.29, 1.82) is 0 Å². The fourth-order valence-corrected chi connectivity index (χ4v) is 7.79. The Balaban J connectivity index is 1.50. The zero-order valence-electron chi connectivity index (χ0n) is 35.4. The van der Waals surface area contributed by atoms with Crippen molar-refractivity contribution in [3.8, 4) is 0 Å². The quantitative estimate of drug-likeness (QED) is 0.0597. The molecule has 0 spiro atoms. The molecule has 0 saturated carbocycles. The van der Waals surface area contributed by atoms with Crippen molar-refractivity contribution >= 4 is 23.0 Å². The number of hydrazine groups is 1. The predicted molar refractivity (Wildman–Crippen MR) is 241 cm³/mol. The van der Waals surface area contributed by atoms with Gasteiger partial charge < -0.3 is 0 Å². The Hall–Kier alpha value is -4.38. The highest BCUT2D eigenvalue weighted by molar-refractivity contribution is 5.68. The van der Waals surface area contributed by atoms with Crippen LogP contribution in [-0.2, 0) is 25.7 Å². The highest BCUT2D eigenvalue weighted by Gasteiger charge is 2.25. The van der Waals surface area contributed by atoms with Gasteiger partial charge in [-0.05, 0) is 123 Å². The molecule has 2 aromatic carbocycles. The number of hydrogen-bond donors (Lipinski definition) is 0. The average Bonchev–Trinajstić information content (AvgIpc) is 3.23. The van der Waals surface area contributed by atoms with E-state index in [4.69, 9.17) is 9.97 Å². The summed E-state index contributed by atoms with van der Waals surface area (Å²) in [5, 5.41) is 4.69. The number of aromatic nitrogens is 2. The number of unbranched alkanes of at least 4 members (excludes halogenated alkanes) is 12. The van der Waals surface area contributed by atoms with Crippen molar-refractivity contribution in [2.24, 2.45) is 0 Å². The normalized spacial score (nSPS) is 12.6. The van der Waals surface area contributed by atoms with Crippen molar-refractivity contribution in [2.45, 2.75) is 156 Å². The van der Waals surface area contributed by atoms with Crippen LogP contribution in [0.1, 0.15) is 153 Å². The molecule has 5 heteroatoms. The van der Waals surface area contributed by atoms with Gasteiger partial charge in [0.15, 0.2) is 5.82 Å². The van der Waals surface area contributed by atoms with Gasteiger partial charge in [0.25, 0.3) is 0 Å². The number of benzene rings is 2. The van der Waals surface area contributed by atoms with Crippen molar-refractivity contribution < 1.29 is 0 Å². The molecule has 2 aromatic heterocycles. The van der Waals surface area contributed by atoms with Gasteiger partial charge in [-0.3, -0.25) is 9.91 Å². The standard InChI is InChI=1S/C51H71N5/c1-5-9-13-17-26-43-28-21-34-47(40-43)55(50-37-23-32-45(52-50)30-19-15-11-7-3)49-36-25-39-54(42-49)56(48-35-22-29-44(41-48)27-18-14-10-6-2)51-38-24-33-46(53-51)31-20-16-12-8-4/h21-25,28-29,32-41H,5-20,26-27,30-31,42H2,1-4H3. The zero-order chi connectivity index (χ0) is 39.2. The molecule has 300 valence electrons. The summed E-state index contributed by atoms with van der Waals surface area (Å²) in [6, 6.07) is 31.5. The summed E-state index contributed by atoms with van der Waals surface area (Å²) in [7, 11) is 0. The molecule has 0 bridgehead atoms. The Morgan fingerprint density at radius 1 is 0.500 bits per heavy atom. The highest BCUT2D eigenvalue weighted by Crippen LogP contribution is 2.35. The molecular weight excluding hydrogens is 683 g/mol. The van der Waals surface area contributed by atoms with Crippen molar-refractivity contribution in [3.05, 3.63) is 131 Å². The van der Waals surface area contributed by atoms with Gasteiger partial charge >= 0.3 is 0 Å². The van der Waals surface area contributed by atoms with E-state index >= 15 is 0 Å². The van der Waals surface area contributed by atoms with Crippen LogP contribution >= 0.6 is 0 Å². The first-order chi connectivity index (χ1) is 27.6. The molecule has 0 aliphatic carbocycles. The second-order valence-electron chi connectivity index (χ2n) is 15.8. The Morgan fingerprint density at radius 3 is 1.55 bits per heavy atom. The van der Waals surface area contributed by atoms with Gasteiger partial charge in [0, 0.05) is 29.0 Å². The van der Waals surface area contributed by atoms with Gasteiger partial charge in [-0.25, -0.2) is 15.0 Å². The molecule has 5 nitrogen and oxygen atoms in total. The van der Waals surface area contributed by atoms with Crippen molar-refractivity contribution in [1.82, 2.24) is 15.0 Å². The van der Waals surface area contributed by atoms with E-state index in [0.29, 0.717) is 6.54 Å². The Labute approximate surface area is 340 Å². The molecule has 56 heavy (non-hydrogen) atoms. The van der Waals surface area contributed by atoms with E-state index in [-0.39, 0.29) is 0 Å². The molecule has 0 N–H and O–H groups in total. The molecule has 4 aromatic rings. The van der Waals surface area contributed by atoms with Crippen LogP contribution in [0.4, 0.5) is 23.0 Å². The summed E-state index contributed by atoms with van der Waals surface area (Å²) in [5.74, 6) is 1.94. The highest BCUT2D eigenvalue weighted by atomic mass is 15.6. The maximum atomic E-state index is 5.35. The van der Waals surface area contributed by atoms with Gasteiger partial charge in [-0.2, -0.15) is 0 Å². The molecule has 3 heterocycles. The number of allylic oxidation sites excluding steroid dienone is 2. The second-order valence-corrected chi connectivity index (χ2v) is 15.8. The van der Waals surface area contributed by atoms with Crippen LogP contribution in [0, 0.1) is 0 Å². The molecule has 0 fully saturated rings. The maximum Gasteiger partial charge on any atom is 0.152 e. The number of hydrogen-bond acceptors (Lipinski definition) is 5. The number of nitrogens with zero attached hydrogens (tertiary/aromatic N) is 5. The first-order valence-electron chi connectivity index (χ1n) is 22.5. The Morgan fingerprint density at radius 2 is 0.982 bits per heavy atom. The van der Waals surface area contributed by atoms with Crippen LogP contribution < -0.4 is 9.91 Å². The van der Waals surface area contributed by atoms with Crippen LogP contribution in [0.25, 0.3) is 0 Å². The first kappa shape index (κ1) is 42.8. The molecule has 0 atom stereocenters. The maximum absolute atomic E-state index is 5.35. The van der Waals surface area contributed by atoms with Crippen molar-refractivity contribution in [3.63, 3.8) is 0 Å². The molecule has 0 amide bonds. The van der Waals surface area contributed by atoms with Gasteiger partial charge in [-0.1, -0.05) is 141 Å². The fraction of sp³-hybridized carbons (Fsp3) is 0.490. The molecular formula is C51H71N5. The summed E-state index contributed by atoms with van der Waals surface area (Å²) in [6.45, 7) is 9.79. The summed E-state index contributed by atoms with van der Waals surface area (Å²) in [5.41, 5.74) is 8.60. The summed E-state index contributed by atoms with van der Waals surface area (Å²) < 4.78 is 0. The summed E-state index contributed by atoms with van der Waals surface area (Å²) in [6.07, 6.45) is 30.9. The number of pyridine rings is 2. The largest absolute Gasteiger partial charge is 0.297 e. The molecule has 0 saturated heterocycles. The van der Waals surface area contributed by atoms with E-state index in [2.05, 4.69) is 146 Å². The topological polar surface area (TPSA) is 35.5 Å². The predicted octanol–water partition coefficient (Wildman–Crippen LogP) is 14.6. The van der Waals surface area contributed by atoms with Gasteiger partial charge in [0.05, 0.1) is 12.2 Å². The number of rotatable bonds is 26. The zero-order valence-corrected chi connectivity index (χ0v) is 35.4. The fourth-order valence-electron chi connectivity index (χ4n) is 7.79. The molecule has 0 radical (unpaired) electrons.